The van der Waals surface area contributed by atoms with Crippen LogP contribution in [0.5, 0.6) is 0 Å². The molecule has 0 bridgehead atoms. The van der Waals surface area contributed by atoms with Gasteiger partial charge in [0.25, 0.3) is 0 Å². The van der Waals surface area contributed by atoms with Crippen molar-refractivity contribution in [3.8, 4) is 0 Å². The standard InChI is InChI=1S/C12H20N6O7/c13-3-9(21)17-5(1-7(14)19)11(23)16-4-10(22)18-6(12(24)25)2-8(15)20/h5-6H,1-4,13H2,(H2,14,19)(H2,15,20)(H,16,23)(H,17,21)(H,18,22)(H,24,25). The second kappa shape index (κ2) is 10.5. The van der Waals surface area contributed by atoms with E-state index in [4.69, 9.17) is 22.3 Å². The molecule has 0 aromatic rings. The molecule has 0 aliphatic heterocycles. The SMILES string of the molecule is NCC(=O)NC(CC(N)=O)C(=O)NCC(=O)NC(CC(N)=O)C(=O)O. The Morgan fingerprint density at radius 2 is 1.32 bits per heavy atom. The average molecular weight is 360 g/mol. The van der Waals surface area contributed by atoms with Crippen molar-refractivity contribution in [3.63, 3.8) is 0 Å². The summed E-state index contributed by atoms with van der Waals surface area (Å²) in [7, 11) is 0. The van der Waals surface area contributed by atoms with Crippen molar-refractivity contribution in [3.05, 3.63) is 0 Å². The van der Waals surface area contributed by atoms with Gasteiger partial charge in [-0.3, -0.25) is 24.0 Å². The van der Waals surface area contributed by atoms with Crippen molar-refractivity contribution < 1.29 is 33.9 Å². The van der Waals surface area contributed by atoms with E-state index in [1.54, 1.807) is 0 Å². The molecule has 13 nitrogen and oxygen atoms in total. The van der Waals surface area contributed by atoms with Gasteiger partial charge in [0, 0.05) is 0 Å². The smallest absolute Gasteiger partial charge is 0.326 e. The molecule has 0 aliphatic rings. The van der Waals surface area contributed by atoms with Gasteiger partial charge in [0.15, 0.2) is 0 Å². The van der Waals surface area contributed by atoms with E-state index in [0.717, 1.165) is 0 Å². The number of nitrogens with two attached hydrogens (primary N) is 3. The Bertz CT molecular complexity index is 564. The Kier molecular flexibility index (Phi) is 9.18. The van der Waals surface area contributed by atoms with Crippen LogP contribution in [0.1, 0.15) is 12.8 Å². The maximum Gasteiger partial charge on any atom is 0.326 e. The maximum absolute atomic E-state index is 11.9. The van der Waals surface area contributed by atoms with E-state index in [9.17, 15) is 28.8 Å². The fourth-order valence-electron chi connectivity index (χ4n) is 1.60. The molecule has 0 saturated heterocycles. The van der Waals surface area contributed by atoms with Crippen molar-refractivity contribution in [2.75, 3.05) is 13.1 Å². The first-order valence-corrected chi connectivity index (χ1v) is 6.92. The summed E-state index contributed by atoms with van der Waals surface area (Å²) < 4.78 is 0. The summed E-state index contributed by atoms with van der Waals surface area (Å²) >= 11 is 0. The number of carboxylic acid groups (broad SMARTS) is 1. The van der Waals surface area contributed by atoms with Crippen LogP contribution in [0, 0.1) is 0 Å². The number of hydrogen-bond donors (Lipinski definition) is 7. The molecule has 0 aliphatic carbocycles. The molecule has 2 unspecified atom stereocenters. The lowest BCUT2D eigenvalue weighted by Gasteiger charge is -2.17. The highest BCUT2D eigenvalue weighted by molar-refractivity contribution is 5.94. The van der Waals surface area contributed by atoms with Gasteiger partial charge in [-0.25, -0.2) is 4.79 Å². The minimum absolute atomic E-state index is 0.434. The summed E-state index contributed by atoms with van der Waals surface area (Å²) in [6.45, 7) is -1.11. The molecule has 0 heterocycles. The molecule has 0 fully saturated rings. The molecule has 140 valence electrons. The number of amides is 5. The van der Waals surface area contributed by atoms with Gasteiger partial charge in [0.05, 0.1) is 25.9 Å². The minimum Gasteiger partial charge on any atom is -0.480 e. The zero-order valence-corrected chi connectivity index (χ0v) is 13.1. The van der Waals surface area contributed by atoms with E-state index in [1.807, 2.05) is 5.32 Å². The Balaban J connectivity index is 4.67. The largest absolute Gasteiger partial charge is 0.480 e. The number of carboxylic acids is 1. The molecule has 0 aromatic heterocycles. The van der Waals surface area contributed by atoms with Gasteiger partial charge in [0.1, 0.15) is 12.1 Å². The quantitative estimate of drug-likeness (QED) is 0.187. The number of hydrogen-bond acceptors (Lipinski definition) is 7. The van der Waals surface area contributed by atoms with E-state index >= 15 is 0 Å². The molecule has 10 N–H and O–H groups in total. The summed E-state index contributed by atoms with van der Waals surface area (Å²) in [4.78, 5) is 67.2. The van der Waals surface area contributed by atoms with Gasteiger partial charge in [-0.2, -0.15) is 0 Å². The fourth-order valence-corrected chi connectivity index (χ4v) is 1.60. The predicted molar refractivity (Wildman–Crippen MR) is 81.2 cm³/mol. The molecular formula is C12H20N6O7. The first-order valence-electron chi connectivity index (χ1n) is 6.92. The number of aliphatic carboxylic acids is 1. The Morgan fingerprint density at radius 1 is 0.840 bits per heavy atom. The summed E-state index contributed by atoms with van der Waals surface area (Å²) in [6.07, 6.45) is -1.16. The monoisotopic (exact) mass is 360 g/mol. The molecule has 0 aromatic carbocycles. The fraction of sp³-hybridized carbons (Fsp3) is 0.500. The third-order valence-electron chi connectivity index (χ3n) is 2.70. The first kappa shape index (κ1) is 21.8. The third-order valence-corrected chi connectivity index (χ3v) is 2.70. The molecule has 0 saturated carbocycles. The summed E-state index contributed by atoms with van der Waals surface area (Å²) in [5.41, 5.74) is 14.9. The van der Waals surface area contributed by atoms with Crippen molar-refractivity contribution in [1.29, 1.82) is 0 Å². The second-order valence-corrected chi connectivity index (χ2v) is 4.84. The summed E-state index contributed by atoms with van der Waals surface area (Å²) in [6, 6.07) is -2.90. The zero-order valence-electron chi connectivity index (χ0n) is 13.1. The lowest BCUT2D eigenvalue weighted by Crippen LogP contribution is -2.52. The molecule has 2 atom stereocenters. The van der Waals surface area contributed by atoms with Crippen LogP contribution in [0.3, 0.4) is 0 Å². The predicted octanol–water partition coefficient (Wildman–Crippen LogP) is -5.13. The van der Waals surface area contributed by atoms with Crippen LogP contribution in [0.15, 0.2) is 0 Å². The van der Waals surface area contributed by atoms with Crippen molar-refractivity contribution in [2.45, 2.75) is 24.9 Å². The lowest BCUT2D eigenvalue weighted by molar-refractivity contribution is -0.143. The second-order valence-electron chi connectivity index (χ2n) is 4.84. The van der Waals surface area contributed by atoms with Crippen molar-refractivity contribution in [1.82, 2.24) is 16.0 Å². The number of primary amides is 2. The molecule has 0 rings (SSSR count). The minimum atomic E-state index is -1.56. The normalized spacial score (nSPS) is 12.4. The summed E-state index contributed by atoms with van der Waals surface area (Å²) in [5, 5.41) is 15.1. The number of carbonyl (C=O) groups is 6. The Labute approximate surface area is 141 Å². The van der Waals surface area contributed by atoms with Gasteiger partial charge >= 0.3 is 5.97 Å². The number of carbonyl (C=O) groups excluding carboxylic acids is 5. The van der Waals surface area contributed by atoms with E-state index in [2.05, 4.69) is 10.6 Å². The van der Waals surface area contributed by atoms with Crippen LogP contribution < -0.4 is 33.2 Å². The van der Waals surface area contributed by atoms with Crippen molar-refractivity contribution >= 4 is 35.5 Å². The molecule has 0 radical (unpaired) electrons. The van der Waals surface area contributed by atoms with Crippen molar-refractivity contribution in [2.24, 2.45) is 17.2 Å². The van der Waals surface area contributed by atoms with Crippen LogP contribution in [-0.2, 0) is 28.8 Å². The van der Waals surface area contributed by atoms with Gasteiger partial charge in [-0.1, -0.05) is 0 Å². The topological polar surface area (TPSA) is 237 Å². The van der Waals surface area contributed by atoms with Gasteiger partial charge in [-0.05, 0) is 0 Å². The van der Waals surface area contributed by atoms with E-state index in [0.29, 0.717) is 0 Å². The molecule has 5 amide bonds. The highest BCUT2D eigenvalue weighted by Gasteiger charge is 2.25. The Hall–Kier alpha value is -3.22. The highest BCUT2D eigenvalue weighted by atomic mass is 16.4. The van der Waals surface area contributed by atoms with Crippen LogP contribution in [-0.4, -0.2) is 65.8 Å². The van der Waals surface area contributed by atoms with Crippen LogP contribution in [0.25, 0.3) is 0 Å². The Morgan fingerprint density at radius 3 is 1.76 bits per heavy atom. The van der Waals surface area contributed by atoms with E-state index in [1.165, 1.54) is 0 Å². The van der Waals surface area contributed by atoms with E-state index < -0.39 is 73.5 Å². The first-order chi connectivity index (χ1) is 11.6. The molecule has 0 spiro atoms. The lowest BCUT2D eigenvalue weighted by atomic mass is 10.1. The van der Waals surface area contributed by atoms with Crippen LogP contribution in [0.4, 0.5) is 0 Å². The van der Waals surface area contributed by atoms with Crippen LogP contribution >= 0.6 is 0 Å². The number of nitrogens with one attached hydrogen (secondary N) is 3. The summed E-state index contributed by atoms with van der Waals surface area (Å²) in [5.74, 6) is -5.86. The highest BCUT2D eigenvalue weighted by Crippen LogP contribution is 1.94. The molecule has 13 heteroatoms. The average Bonchev–Trinajstić information content (AvgIpc) is 2.50. The number of rotatable bonds is 11. The molecular weight excluding hydrogens is 340 g/mol. The third kappa shape index (κ3) is 9.50. The van der Waals surface area contributed by atoms with E-state index in [-0.39, 0.29) is 0 Å². The van der Waals surface area contributed by atoms with Gasteiger partial charge < -0.3 is 38.3 Å². The van der Waals surface area contributed by atoms with Gasteiger partial charge in [0.2, 0.25) is 29.5 Å². The maximum atomic E-state index is 11.9. The van der Waals surface area contributed by atoms with Crippen LogP contribution in [0.2, 0.25) is 0 Å². The molecule has 25 heavy (non-hydrogen) atoms. The van der Waals surface area contributed by atoms with Gasteiger partial charge in [-0.15, -0.1) is 0 Å². The zero-order chi connectivity index (χ0) is 19.6.